The number of benzene rings is 2. The van der Waals surface area contributed by atoms with Crippen LogP contribution in [0, 0.1) is 6.92 Å². The van der Waals surface area contributed by atoms with Gasteiger partial charge in [0, 0.05) is 17.7 Å². The normalized spacial score (nSPS) is 11.8. The predicted molar refractivity (Wildman–Crippen MR) is 171 cm³/mol. The molecule has 3 aromatic rings. The van der Waals surface area contributed by atoms with Crippen molar-refractivity contribution in [2.45, 2.75) is 56.9 Å². The summed E-state index contributed by atoms with van der Waals surface area (Å²) < 4.78 is 40.2. The molecule has 13 heteroatoms. The minimum atomic E-state index is -4.00. The van der Waals surface area contributed by atoms with Gasteiger partial charge in [0.2, 0.25) is 5.95 Å². The Morgan fingerprint density at radius 1 is 1.11 bits per heavy atom. The molecule has 242 valence electrons. The molecule has 5 N–H and O–H groups in total. The number of ether oxygens (including phenoxy) is 2. The van der Waals surface area contributed by atoms with E-state index in [1.807, 2.05) is 27.1 Å². The number of carbonyl (C=O) groups is 1. The Bertz CT molecular complexity index is 1440. The van der Waals surface area contributed by atoms with Gasteiger partial charge in [-0.05, 0) is 76.7 Å². The van der Waals surface area contributed by atoms with Crippen molar-refractivity contribution >= 4 is 27.9 Å². The van der Waals surface area contributed by atoms with Crippen molar-refractivity contribution < 1.29 is 32.3 Å². The summed E-state index contributed by atoms with van der Waals surface area (Å²) in [6.45, 7) is 5.28. The number of hydrogen-bond donors (Lipinski definition) is 4. The van der Waals surface area contributed by atoms with Crippen LogP contribution in [0.15, 0.2) is 53.4 Å². The number of aryl methyl sites for hydroxylation is 1. The number of rotatable bonds is 15. The fourth-order valence-electron chi connectivity index (χ4n) is 4.28. The van der Waals surface area contributed by atoms with Crippen LogP contribution in [-0.2, 0) is 21.3 Å². The van der Waals surface area contributed by atoms with Gasteiger partial charge in [-0.25, -0.2) is 9.78 Å². The highest BCUT2D eigenvalue weighted by molar-refractivity contribution is 7.85. The number of hydrogen-bond acceptors (Lipinski definition) is 11. The third-order valence-corrected chi connectivity index (χ3v) is 7.46. The van der Waals surface area contributed by atoms with Gasteiger partial charge < -0.3 is 30.5 Å². The van der Waals surface area contributed by atoms with Gasteiger partial charge in [0.15, 0.2) is 0 Å². The molecule has 0 aliphatic rings. The van der Waals surface area contributed by atoms with Gasteiger partial charge in [0.1, 0.15) is 11.6 Å². The highest BCUT2D eigenvalue weighted by Gasteiger charge is 2.18. The van der Waals surface area contributed by atoms with Crippen molar-refractivity contribution in [2.75, 3.05) is 52.0 Å². The van der Waals surface area contributed by atoms with Crippen LogP contribution in [0.2, 0.25) is 0 Å². The van der Waals surface area contributed by atoms with Crippen LogP contribution in [-0.4, -0.2) is 85.9 Å². The molecular formula is C31H45N5O7S. The van der Waals surface area contributed by atoms with E-state index in [4.69, 9.17) is 19.8 Å². The van der Waals surface area contributed by atoms with E-state index in [1.54, 1.807) is 37.4 Å². The molecule has 0 bridgehead atoms. The summed E-state index contributed by atoms with van der Waals surface area (Å²) in [6.07, 6.45) is 3.99. The second kappa shape index (κ2) is 18.1. The smallest absolute Gasteiger partial charge is 0.338 e. The molecule has 1 aromatic heterocycles. The minimum absolute atomic E-state index is 0.00842. The lowest BCUT2D eigenvalue weighted by atomic mass is 10.0. The quantitative estimate of drug-likeness (QED) is 0.108. The third kappa shape index (κ3) is 12.1. The molecule has 0 aliphatic heterocycles. The predicted octanol–water partition coefficient (Wildman–Crippen LogP) is 3.97. The molecule has 0 amide bonds. The maximum Gasteiger partial charge on any atom is 0.338 e. The molecule has 1 heterocycles. The Morgan fingerprint density at radius 2 is 1.82 bits per heavy atom. The molecule has 2 aromatic carbocycles. The van der Waals surface area contributed by atoms with Crippen molar-refractivity contribution in [3.63, 3.8) is 0 Å². The molecule has 0 aliphatic carbocycles. The zero-order chi connectivity index (χ0) is 32.7. The van der Waals surface area contributed by atoms with E-state index in [0.29, 0.717) is 30.2 Å². The van der Waals surface area contributed by atoms with Gasteiger partial charge in [-0.3, -0.25) is 4.55 Å². The first-order chi connectivity index (χ1) is 20.9. The maximum atomic E-state index is 12.5. The summed E-state index contributed by atoms with van der Waals surface area (Å²) in [7, 11) is 1.61. The van der Waals surface area contributed by atoms with E-state index in [2.05, 4.69) is 27.1 Å². The molecule has 0 radical (unpaired) electrons. The van der Waals surface area contributed by atoms with Crippen molar-refractivity contribution in [3.8, 4) is 5.75 Å². The molecule has 44 heavy (non-hydrogen) atoms. The number of carbonyl (C=O) groups excluding carboxylic acids is 1. The summed E-state index contributed by atoms with van der Waals surface area (Å²) in [5, 5.41) is 13.0. The van der Waals surface area contributed by atoms with Crippen LogP contribution < -0.4 is 15.8 Å². The lowest BCUT2D eigenvalue weighted by Gasteiger charge is -2.20. The number of nitrogen functional groups attached to an aromatic ring is 1. The third-order valence-electron chi connectivity index (χ3n) is 6.59. The zero-order valence-corrected chi connectivity index (χ0v) is 26.9. The van der Waals surface area contributed by atoms with Crippen LogP contribution in [0.4, 0.5) is 11.8 Å². The van der Waals surface area contributed by atoms with Crippen LogP contribution in [0.5, 0.6) is 5.75 Å². The van der Waals surface area contributed by atoms with Crippen LogP contribution in [0.3, 0.4) is 0 Å². The molecular weight excluding hydrogens is 586 g/mol. The van der Waals surface area contributed by atoms with Crippen molar-refractivity contribution in [1.29, 1.82) is 0 Å². The molecule has 0 unspecified atom stereocenters. The van der Waals surface area contributed by atoms with Crippen LogP contribution in [0.1, 0.15) is 59.8 Å². The first-order valence-corrected chi connectivity index (χ1v) is 15.8. The molecule has 12 nitrogen and oxygen atoms in total. The number of aromatic nitrogens is 2. The second-order valence-corrected chi connectivity index (χ2v) is 11.9. The number of nitrogens with one attached hydrogen (secondary N) is 1. The number of unbranched alkanes of at least 4 members (excludes halogenated alkanes) is 1. The molecule has 0 saturated heterocycles. The first kappa shape index (κ1) is 36.4. The van der Waals surface area contributed by atoms with Gasteiger partial charge in [-0.1, -0.05) is 37.6 Å². The Hall–Kier alpha value is -3.78. The average Bonchev–Trinajstić information content (AvgIpc) is 2.98. The molecule has 0 spiro atoms. The van der Waals surface area contributed by atoms with E-state index in [1.165, 1.54) is 12.1 Å². The van der Waals surface area contributed by atoms with E-state index < -0.39 is 10.1 Å². The number of aliphatic hydroxyl groups is 1. The number of aliphatic hydroxyl groups excluding tert-OH is 1. The number of anilines is 2. The van der Waals surface area contributed by atoms with Gasteiger partial charge >= 0.3 is 5.97 Å². The Kier molecular flexibility index (Phi) is 15.0. The fraction of sp³-hybridized carbons (Fsp3) is 0.452. The van der Waals surface area contributed by atoms with Gasteiger partial charge in [-0.2, -0.15) is 13.4 Å². The summed E-state index contributed by atoms with van der Waals surface area (Å²) in [4.78, 5) is 23.2. The van der Waals surface area contributed by atoms with Crippen molar-refractivity contribution in [2.24, 2.45) is 0 Å². The van der Waals surface area contributed by atoms with Crippen LogP contribution in [0.25, 0.3) is 0 Å². The number of nitrogens with two attached hydrogens (primary N) is 1. The van der Waals surface area contributed by atoms with Crippen molar-refractivity contribution in [1.82, 2.24) is 14.9 Å². The standard InChI is InChI=1S/C25H39N5O4.C6H6O3S/c1-6-9-20(16-31)28-23-21(17(2)27-25(26)29-23)14-18-10-11-19(15-22(18)33-5)24(32)34-13-8-7-12-30(3)4;7-10(8,9)6-4-2-1-3-5-6/h10-11,15,20,31H,6-9,12-14,16H2,1-5H3,(H3,26,27,28,29);1-5H,(H,7,8,9)/t20-;/m0./s1. The maximum absolute atomic E-state index is 12.5. The number of nitrogens with zero attached hydrogens (tertiary/aromatic N) is 3. The molecule has 3 rings (SSSR count). The number of methoxy groups -OCH3 is 1. The second-order valence-electron chi connectivity index (χ2n) is 10.4. The van der Waals surface area contributed by atoms with E-state index in [9.17, 15) is 18.3 Å². The topological polar surface area (TPSA) is 177 Å². The van der Waals surface area contributed by atoms with E-state index in [-0.39, 0.29) is 29.5 Å². The highest BCUT2D eigenvalue weighted by atomic mass is 32.2. The van der Waals surface area contributed by atoms with Crippen LogP contribution >= 0.6 is 0 Å². The Balaban J connectivity index is 0.000000569. The summed E-state index contributed by atoms with van der Waals surface area (Å²) in [5.74, 6) is 0.985. The molecule has 1 atom stereocenters. The minimum Gasteiger partial charge on any atom is -0.496 e. The van der Waals surface area contributed by atoms with Gasteiger partial charge in [-0.15, -0.1) is 0 Å². The van der Waals surface area contributed by atoms with E-state index in [0.717, 1.165) is 49.0 Å². The fourth-order valence-corrected chi connectivity index (χ4v) is 4.78. The van der Waals surface area contributed by atoms with Gasteiger partial charge in [0.05, 0.1) is 36.8 Å². The largest absolute Gasteiger partial charge is 0.496 e. The summed E-state index contributed by atoms with van der Waals surface area (Å²) >= 11 is 0. The Labute approximate surface area is 260 Å². The SMILES string of the molecule is CCC[C@@H](CO)Nc1nc(N)nc(C)c1Cc1ccc(C(=O)OCCCCN(C)C)cc1OC.O=S(=O)(O)c1ccccc1. The summed E-state index contributed by atoms with van der Waals surface area (Å²) in [6, 6.07) is 12.6. The Morgan fingerprint density at radius 3 is 2.39 bits per heavy atom. The lowest BCUT2D eigenvalue weighted by Crippen LogP contribution is -2.25. The first-order valence-electron chi connectivity index (χ1n) is 14.4. The van der Waals surface area contributed by atoms with Gasteiger partial charge in [0.25, 0.3) is 10.1 Å². The number of esters is 1. The van der Waals surface area contributed by atoms with E-state index >= 15 is 0 Å². The molecule has 0 fully saturated rings. The summed E-state index contributed by atoms with van der Waals surface area (Å²) in [5.41, 5.74) is 8.81. The lowest BCUT2D eigenvalue weighted by molar-refractivity contribution is 0.0496. The van der Waals surface area contributed by atoms with Crippen molar-refractivity contribution in [3.05, 3.63) is 70.9 Å². The highest BCUT2D eigenvalue weighted by Crippen LogP contribution is 2.28. The average molecular weight is 632 g/mol. The zero-order valence-electron chi connectivity index (χ0n) is 26.1. The molecule has 0 saturated carbocycles. The monoisotopic (exact) mass is 631 g/mol.